The van der Waals surface area contributed by atoms with Crippen molar-refractivity contribution >= 4 is 23.5 Å². The highest BCUT2D eigenvalue weighted by atomic mass is 35.5. The summed E-state index contributed by atoms with van der Waals surface area (Å²) in [4.78, 5) is 22.5. The van der Waals surface area contributed by atoms with Crippen molar-refractivity contribution in [2.45, 2.75) is 0 Å². The molecule has 2 aromatic rings. The van der Waals surface area contributed by atoms with Crippen LogP contribution >= 0.6 is 11.6 Å². The molecule has 0 fully saturated rings. The SMILES string of the molecule is NC(=O)c1ccccc1Oc1c(Cl)cccc1C(=O)O. The summed E-state index contributed by atoms with van der Waals surface area (Å²) in [6, 6.07) is 10.6. The fraction of sp³-hybridized carbons (Fsp3) is 0. The highest BCUT2D eigenvalue weighted by molar-refractivity contribution is 6.32. The van der Waals surface area contributed by atoms with Gasteiger partial charge in [0, 0.05) is 0 Å². The molecule has 0 aromatic heterocycles. The summed E-state index contributed by atoms with van der Waals surface area (Å²) in [6.45, 7) is 0. The van der Waals surface area contributed by atoms with Gasteiger partial charge in [-0.3, -0.25) is 4.79 Å². The second kappa shape index (κ2) is 5.63. The van der Waals surface area contributed by atoms with Crippen molar-refractivity contribution in [1.82, 2.24) is 0 Å². The number of para-hydroxylation sites is 2. The fourth-order valence-electron chi connectivity index (χ4n) is 1.65. The summed E-state index contributed by atoms with van der Waals surface area (Å²) in [5, 5.41) is 9.25. The number of carboxylic acids is 1. The van der Waals surface area contributed by atoms with Crippen LogP contribution in [0.3, 0.4) is 0 Å². The molecule has 5 nitrogen and oxygen atoms in total. The number of hydrogen-bond acceptors (Lipinski definition) is 3. The van der Waals surface area contributed by atoms with Crippen molar-refractivity contribution in [3.8, 4) is 11.5 Å². The number of rotatable bonds is 4. The van der Waals surface area contributed by atoms with Crippen LogP contribution in [0.1, 0.15) is 20.7 Å². The second-order valence-electron chi connectivity index (χ2n) is 3.88. The van der Waals surface area contributed by atoms with Crippen molar-refractivity contribution in [1.29, 1.82) is 0 Å². The highest BCUT2D eigenvalue weighted by Crippen LogP contribution is 2.34. The first-order valence-corrected chi connectivity index (χ1v) is 5.97. The van der Waals surface area contributed by atoms with E-state index in [4.69, 9.17) is 27.2 Å². The molecular formula is C14H10ClNO4. The Balaban J connectivity index is 2.51. The van der Waals surface area contributed by atoms with Gasteiger partial charge in [-0.15, -0.1) is 0 Å². The Morgan fingerprint density at radius 2 is 1.70 bits per heavy atom. The lowest BCUT2D eigenvalue weighted by Crippen LogP contribution is -2.12. The standard InChI is InChI=1S/C14H10ClNO4/c15-10-6-3-5-9(14(18)19)12(10)20-11-7-2-1-4-8(11)13(16)17/h1-7H,(H2,16,17)(H,18,19). The zero-order valence-corrected chi connectivity index (χ0v) is 10.9. The number of carboxylic acid groups (broad SMARTS) is 1. The summed E-state index contributed by atoms with van der Waals surface area (Å²) in [7, 11) is 0. The Morgan fingerprint density at radius 3 is 2.35 bits per heavy atom. The molecular weight excluding hydrogens is 282 g/mol. The van der Waals surface area contributed by atoms with Crippen molar-refractivity contribution in [3.63, 3.8) is 0 Å². The molecule has 0 unspecified atom stereocenters. The Hall–Kier alpha value is -2.53. The third kappa shape index (κ3) is 2.73. The third-order valence-corrected chi connectivity index (χ3v) is 2.86. The van der Waals surface area contributed by atoms with Crippen molar-refractivity contribution in [2.24, 2.45) is 5.73 Å². The van der Waals surface area contributed by atoms with E-state index in [9.17, 15) is 9.59 Å². The molecule has 0 saturated heterocycles. The van der Waals surface area contributed by atoms with E-state index in [1.807, 2.05) is 0 Å². The lowest BCUT2D eigenvalue weighted by Gasteiger charge is -2.12. The summed E-state index contributed by atoms with van der Waals surface area (Å²) >= 11 is 5.95. The van der Waals surface area contributed by atoms with Gasteiger partial charge in [0.2, 0.25) is 0 Å². The number of hydrogen-bond donors (Lipinski definition) is 2. The number of carbonyl (C=O) groups excluding carboxylic acids is 1. The van der Waals surface area contributed by atoms with Crippen LogP contribution in [0.4, 0.5) is 0 Å². The first-order chi connectivity index (χ1) is 9.50. The average molecular weight is 292 g/mol. The summed E-state index contributed by atoms with van der Waals surface area (Å²) in [5.74, 6) is -1.74. The lowest BCUT2D eigenvalue weighted by atomic mass is 10.1. The molecule has 0 aliphatic rings. The average Bonchev–Trinajstić information content (AvgIpc) is 2.41. The van der Waals surface area contributed by atoms with Gasteiger partial charge in [0.1, 0.15) is 11.3 Å². The number of primary amides is 1. The largest absolute Gasteiger partial charge is 0.478 e. The van der Waals surface area contributed by atoms with Gasteiger partial charge in [-0.2, -0.15) is 0 Å². The monoisotopic (exact) mass is 291 g/mol. The normalized spacial score (nSPS) is 10.1. The van der Waals surface area contributed by atoms with E-state index >= 15 is 0 Å². The van der Waals surface area contributed by atoms with Crippen LogP contribution in [0.25, 0.3) is 0 Å². The zero-order chi connectivity index (χ0) is 14.7. The summed E-state index contributed by atoms with van der Waals surface area (Å²) < 4.78 is 5.48. The van der Waals surface area contributed by atoms with E-state index < -0.39 is 11.9 Å². The topological polar surface area (TPSA) is 89.6 Å². The number of benzene rings is 2. The van der Waals surface area contributed by atoms with Crippen LogP contribution in [0, 0.1) is 0 Å². The minimum Gasteiger partial charge on any atom is -0.478 e. The molecule has 0 saturated carbocycles. The molecule has 2 rings (SSSR count). The molecule has 2 aromatic carbocycles. The molecule has 6 heteroatoms. The Kier molecular flexibility index (Phi) is 3.91. The molecule has 0 heterocycles. The summed E-state index contributed by atoms with van der Waals surface area (Å²) in [5.41, 5.74) is 5.28. The quantitative estimate of drug-likeness (QED) is 0.906. The van der Waals surface area contributed by atoms with Crippen LogP contribution in [0.2, 0.25) is 5.02 Å². The lowest BCUT2D eigenvalue weighted by molar-refractivity contribution is 0.0694. The summed E-state index contributed by atoms with van der Waals surface area (Å²) in [6.07, 6.45) is 0. The van der Waals surface area contributed by atoms with E-state index in [0.29, 0.717) is 0 Å². The van der Waals surface area contributed by atoms with Gasteiger partial charge < -0.3 is 15.6 Å². The Labute approximate surface area is 119 Å². The molecule has 20 heavy (non-hydrogen) atoms. The highest BCUT2D eigenvalue weighted by Gasteiger charge is 2.17. The van der Waals surface area contributed by atoms with Gasteiger partial charge in [-0.25, -0.2) is 4.79 Å². The maximum atomic E-state index is 11.3. The third-order valence-electron chi connectivity index (χ3n) is 2.56. The molecule has 0 aliphatic heterocycles. The van der Waals surface area contributed by atoms with Gasteiger partial charge in [-0.05, 0) is 24.3 Å². The van der Waals surface area contributed by atoms with E-state index in [0.717, 1.165) is 0 Å². The number of carbonyl (C=O) groups is 2. The van der Waals surface area contributed by atoms with E-state index in [-0.39, 0.29) is 27.6 Å². The van der Waals surface area contributed by atoms with Gasteiger partial charge in [0.05, 0.1) is 10.6 Å². The Morgan fingerprint density at radius 1 is 1.05 bits per heavy atom. The first kappa shape index (κ1) is 13.9. The van der Waals surface area contributed by atoms with Gasteiger partial charge in [0.15, 0.2) is 5.75 Å². The molecule has 0 spiro atoms. The van der Waals surface area contributed by atoms with E-state index in [1.54, 1.807) is 12.1 Å². The van der Waals surface area contributed by atoms with Crippen LogP contribution < -0.4 is 10.5 Å². The van der Waals surface area contributed by atoms with Crippen molar-refractivity contribution in [2.75, 3.05) is 0 Å². The molecule has 0 radical (unpaired) electrons. The number of amides is 1. The smallest absolute Gasteiger partial charge is 0.339 e. The van der Waals surface area contributed by atoms with Gasteiger partial charge in [-0.1, -0.05) is 29.8 Å². The second-order valence-corrected chi connectivity index (χ2v) is 4.29. The van der Waals surface area contributed by atoms with E-state index in [1.165, 1.54) is 30.3 Å². The minimum absolute atomic E-state index is 0.0321. The maximum absolute atomic E-state index is 11.3. The van der Waals surface area contributed by atoms with Crippen molar-refractivity contribution < 1.29 is 19.4 Å². The molecule has 0 bridgehead atoms. The molecule has 3 N–H and O–H groups in total. The van der Waals surface area contributed by atoms with Crippen molar-refractivity contribution in [3.05, 3.63) is 58.6 Å². The molecule has 1 amide bonds. The maximum Gasteiger partial charge on any atom is 0.339 e. The van der Waals surface area contributed by atoms with Gasteiger partial charge >= 0.3 is 5.97 Å². The van der Waals surface area contributed by atoms with Crippen LogP contribution in [0.15, 0.2) is 42.5 Å². The van der Waals surface area contributed by atoms with Crippen LogP contribution in [-0.4, -0.2) is 17.0 Å². The molecule has 102 valence electrons. The zero-order valence-electron chi connectivity index (χ0n) is 10.2. The van der Waals surface area contributed by atoms with Crippen LogP contribution in [-0.2, 0) is 0 Å². The fourth-order valence-corrected chi connectivity index (χ4v) is 1.86. The Bertz CT molecular complexity index is 685. The first-order valence-electron chi connectivity index (χ1n) is 5.59. The number of halogens is 1. The molecule has 0 atom stereocenters. The predicted octanol–water partition coefficient (Wildman–Crippen LogP) is 2.93. The molecule has 0 aliphatic carbocycles. The number of nitrogens with two attached hydrogens (primary N) is 1. The van der Waals surface area contributed by atoms with Crippen LogP contribution in [0.5, 0.6) is 11.5 Å². The number of ether oxygens (including phenoxy) is 1. The number of aromatic carboxylic acids is 1. The van der Waals surface area contributed by atoms with E-state index in [2.05, 4.69) is 0 Å². The van der Waals surface area contributed by atoms with Gasteiger partial charge in [0.25, 0.3) is 5.91 Å². The minimum atomic E-state index is -1.18. The predicted molar refractivity (Wildman–Crippen MR) is 73.4 cm³/mol.